The molecule has 4 heteroatoms. The third-order valence-corrected chi connectivity index (χ3v) is 6.26. The zero-order valence-electron chi connectivity index (χ0n) is 16.2. The molecule has 2 aromatic carbocycles. The highest BCUT2D eigenvalue weighted by atomic mass is 16.5. The largest absolute Gasteiger partial charge is 0.496 e. The first kappa shape index (κ1) is 18.3. The fourth-order valence-corrected chi connectivity index (χ4v) is 5.09. The Balaban J connectivity index is 1.65. The molecule has 2 saturated heterocycles. The van der Waals surface area contributed by atoms with E-state index in [0.29, 0.717) is 36.4 Å². The van der Waals surface area contributed by atoms with Crippen LogP contribution in [-0.2, 0) is 12.1 Å². The number of hydrogen-bond acceptors (Lipinski definition) is 4. The van der Waals surface area contributed by atoms with E-state index < -0.39 is 5.60 Å². The van der Waals surface area contributed by atoms with Crippen LogP contribution in [0.2, 0.25) is 0 Å². The topological polar surface area (TPSA) is 41.9 Å². The van der Waals surface area contributed by atoms with Gasteiger partial charge in [-0.05, 0) is 43.4 Å². The Hall–Kier alpha value is -2.04. The van der Waals surface area contributed by atoms with E-state index in [0.717, 1.165) is 24.9 Å². The molecule has 27 heavy (non-hydrogen) atoms. The van der Waals surface area contributed by atoms with Gasteiger partial charge in [-0.15, -0.1) is 0 Å². The highest BCUT2D eigenvalue weighted by molar-refractivity contribution is 5.49. The molecular formula is C23H29NO3. The minimum Gasteiger partial charge on any atom is -0.496 e. The fourth-order valence-electron chi connectivity index (χ4n) is 5.09. The Morgan fingerprint density at radius 3 is 2.07 bits per heavy atom. The summed E-state index contributed by atoms with van der Waals surface area (Å²) in [6.07, 6.45) is 4.92. The maximum atomic E-state index is 11.8. The summed E-state index contributed by atoms with van der Waals surface area (Å²) in [7, 11) is 3.32. The highest BCUT2D eigenvalue weighted by Gasteiger charge is 2.48. The van der Waals surface area contributed by atoms with Gasteiger partial charge in [-0.2, -0.15) is 0 Å². The smallest absolute Gasteiger partial charge is 0.128 e. The molecule has 2 aliphatic rings. The Labute approximate surface area is 161 Å². The third kappa shape index (κ3) is 3.44. The van der Waals surface area contributed by atoms with Crippen molar-refractivity contribution < 1.29 is 14.6 Å². The lowest BCUT2D eigenvalue weighted by atomic mass is 9.72. The van der Waals surface area contributed by atoms with E-state index in [-0.39, 0.29) is 0 Å². The predicted molar refractivity (Wildman–Crippen MR) is 106 cm³/mol. The molecule has 0 amide bonds. The summed E-state index contributed by atoms with van der Waals surface area (Å²) in [5, 5.41) is 11.8. The number of ether oxygens (including phenoxy) is 2. The van der Waals surface area contributed by atoms with Crippen LogP contribution in [0.5, 0.6) is 11.5 Å². The van der Waals surface area contributed by atoms with Crippen LogP contribution in [0, 0.1) is 0 Å². The molecule has 0 radical (unpaired) electrons. The van der Waals surface area contributed by atoms with Crippen molar-refractivity contribution in [3.05, 3.63) is 59.7 Å². The average Bonchev–Trinajstić information content (AvgIpc) is 2.69. The Morgan fingerprint density at radius 1 is 0.926 bits per heavy atom. The van der Waals surface area contributed by atoms with E-state index in [1.165, 1.54) is 12.0 Å². The fraction of sp³-hybridized carbons (Fsp3) is 0.478. The molecule has 144 valence electrons. The Kier molecular flexibility index (Phi) is 5.11. The monoisotopic (exact) mass is 367 g/mol. The van der Waals surface area contributed by atoms with Crippen molar-refractivity contribution in [2.24, 2.45) is 0 Å². The summed E-state index contributed by atoms with van der Waals surface area (Å²) in [6.45, 7) is 0.954. The minimum atomic E-state index is -0.916. The molecule has 4 nitrogen and oxygen atoms in total. The number of nitrogens with zero attached hydrogens (tertiary/aromatic N) is 1. The van der Waals surface area contributed by atoms with E-state index in [1.807, 2.05) is 18.2 Å². The van der Waals surface area contributed by atoms with E-state index >= 15 is 0 Å². The van der Waals surface area contributed by atoms with E-state index in [4.69, 9.17) is 9.47 Å². The number of methoxy groups -OCH3 is 2. The van der Waals surface area contributed by atoms with Crippen LogP contribution in [-0.4, -0.2) is 36.3 Å². The number of aliphatic hydroxyl groups is 1. The van der Waals surface area contributed by atoms with Gasteiger partial charge in [0.15, 0.2) is 0 Å². The first-order chi connectivity index (χ1) is 13.1. The lowest BCUT2D eigenvalue weighted by Gasteiger charge is -2.52. The maximum absolute atomic E-state index is 11.8. The van der Waals surface area contributed by atoms with Crippen molar-refractivity contribution in [3.63, 3.8) is 0 Å². The normalized spacial score (nSPS) is 28.0. The van der Waals surface area contributed by atoms with Crippen molar-refractivity contribution >= 4 is 0 Å². The summed E-state index contributed by atoms with van der Waals surface area (Å²) >= 11 is 0. The zero-order valence-corrected chi connectivity index (χ0v) is 16.2. The average molecular weight is 367 g/mol. The van der Waals surface area contributed by atoms with Crippen LogP contribution in [0.3, 0.4) is 0 Å². The SMILES string of the molecule is COc1cccc(OC)c1C1(O)CC2CCCC(C1)N2Cc1ccccc1. The van der Waals surface area contributed by atoms with Gasteiger partial charge >= 0.3 is 0 Å². The molecule has 0 spiro atoms. The van der Waals surface area contributed by atoms with E-state index in [1.54, 1.807) is 14.2 Å². The second-order valence-electron chi connectivity index (χ2n) is 7.87. The van der Waals surface area contributed by atoms with Crippen molar-refractivity contribution in [3.8, 4) is 11.5 Å². The van der Waals surface area contributed by atoms with Crippen LogP contribution >= 0.6 is 0 Å². The Bertz CT molecular complexity index is 740. The quantitative estimate of drug-likeness (QED) is 0.864. The number of fused-ring (bicyclic) bond motifs is 2. The predicted octanol–water partition coefficient (Wildman–Crippen LogP) is 4.11. The molecule has 2 unspecified atom stereocenters. The van der Waals surface area contributed by atoms with Gasteiger partial charge in [-0.25, -0.2) is 0 Å². The van der Waals surface area contributed by atoms with Gasteiger partial charge in [0, 0.05) is 18.6 Å². The third-order valence-electron chi connectivity index (χ3n) is 6.26. The summed E-state index contributed by atoms with van der Waals surface area (Å²) < 4.78 is 11.2. The minimum absolute atomic E-state index is 0.373. The van der Waals surface area contributed by atoms with Gasteiger partial charge in [-0.1, -0.05) is 42.8 Å². The summed E-state index contributed by atoms with van der Waals surface area (Å²) in [4.78, 5) is 2.61. The number of benzene rings is 2. The van der Waals surface area contributed by atoms with Crippen LogP contribution in [0.4, 0.5) is 0 Å². The molecule has 0 aliphatic carbocycles. The van der Waals surface area contributed by atoms with Gasteiger partial charge in [-0.3, -0.25) is 4.90 Å². The molecule has 0 aromatic heterocycles. The molecule has 1 N–H and O–H groups in total. The van der Waals surface area contributed by atoms with Crippen molar-refractivity contribution in [1.82, 2.24) is 4.90 Å². The number of rotatable bonds is 5. The van der Waals surface area contributed by atoms with Gasteiger partial charge in [0.1, 0.15) is 11.5 Å². The highest BCUT2D eigenvalue weighted by Crippen LogP contribution is 2.49. The zero-order chi connectivity index (χ0) is 18.9. The van der Waals surface area contributed by atoms with Gasteiger partial charge in [0.25, 0.3) is 0 Å². The maximum Gasteiger partial charge on any atom is 0.128 e. The van der Waals surface area contributed by atoms with Gasteiger partial charge < -0.3 is 14.6 Å². The molecular weight excluding hydrogens is 338 g/mol. The summed E-state index contributed by atoms with van der Waals surface area (Å²) in [5.41, 5.74) is 1.24. The van der Waals surface area contributed by atoms with Crippen molar-refractivity contribution in [2.75, 3.05) is 14.2 Å². The molecule has 2 fully saturated rings. The molecule has 4 rings (SSSR count). The molecule has 2 aromatic rings. The van der Waals surface area contributed by atoms with E-state index in [9.17, 15) is 5.11 Å². The van der Waals surface area contributed by atoms with Gasteiger partial charge in [0.2, 0.25) is 0 Å². The van der Waals surface area contributed by atoms with Crippen LogP contribution < -0.4 is 9.47 Å². The summed E-state index contributed by atoms with van der Waals surface area (Å²) in [5.74, 6) is 1.43. The standard InChI is InChI=1S/C23H29NO3/c1-26-20-12-7-13-21(27-2)22(20)23(25)14-18-10-6-11-19(15-23)24(18)16-17-8-4-3-5-9-17/h3-5,7-9,12-13,18-19,25H,6,10-11,14-16H2,1-2H3. The first-order valence-corrected chi connectivity index (χ1v) is 9.88. The number of piperidine rings is 2. The van der Waals surface area contributed by atoms with E-state index in [2.05, 4.69) is 35.2 Å². The lowest BCUT2D eigenvalue weighted by Crippen LogP contribution is -2.56. The second kappa shape index (κ2) is 7.53. The second-order valence-corrected chi connectivity index (χ2v) is 7.87. The molecule has 2 aliphatic heterocycles. The van der Waals surface area contributed by atoms with Crippen molar-refractivity contribution in [1.29, 1.82) is 0 Å². The van der Waals surface area contributed by atoms with Crippen LogP contribution in [0.15, 0.2) is 48.5 Å². The molecule has 2 heterocycles. The molecule has 2 bridgehead atoms. The first-order valence-electron chi connectivity index (χ1n) is 9.88. The number of hydrogen-bond donors (Lipinski definition) is 1. The van der Waals surface area contributed by atoms with Crippen LogP contribution in [0.1, 0.15) is 43.2 Å². The van der Waals surface area contributed by atoms with Gasteiger partial charge in [0.05, 0.1) is 25.4 Å². The Morgan fingerprint density at radius 2 is 1.52 bits per heavy atom. The molecule has 2 atom stereocenters. The van der Waals surface area contributed by atoms with Crippen molar-refractivity contribution in [2.45, 2.75) is 56.3 Å². The summed E-state index contributed by atoms with van der Waals surface area (Å²) in [6, 6.07) is 17.2. The van der Waals surface area contributed by atoms with Crippen LogP contribution in [0.25, 0.3) is 0 Å². The molecule has 0 saturated carbocycles. The lowest BCUT2D eigenvalue weighted by molar-refractivity contribution is -0.101.